The third kappa shape index (κ3) is 2.98. The first-order valence-electron chi connectivity index (χ1n) is 4.12. The Morgan fingerprint density at radius 3 is 2.15 bits per heavy atom. The zero-order valence-corrected chi connectivity index (χ0v) is 9.53. The zero-order chi connectivity index (χ0) is 10.5. The first-order chi connectivity index (χ1) is 6.01. The van der Waals surface area contributed by atoms with Crippen molar-refractivity contribution in [1.82, 2.24) is 4.57 Å². The summed E-state index contributed by atoms with van der Waals surface area (Å²) in [5, 5.41) is 8.90. The molecule has 0 aliphatic carbocycles. The molecular weight excluding hydrogens is 190 g/mol. The molecule has 0 bridgehead atoms. The lowest BCUT2D eigenvalue weighted by Gasteiger charge is -2.32. The van der Waals surface area contributed by atoms with Gasteiger partial charge in [-0.05, 0) is 13.0 Å². The largest absolute Gasteiger partial charge is 0.465 e. The van der Waals surface area contributed by atoms with Crippen LogP contribution in [0, 0.1) is 0 Å². The molecule has 78 valence electrons. The molecule has 0 fully saturated rings. The summed E-state index contributed by atoms with van der Waals surface area (Å²) >= 11 is 0. The molecule has 0 aliphatic rings. The van der Waals surface area contributed by atoms with Crippen LogP contribution in [0.15, 0.2) is 0 Å². The molecule has 0 spiro atoms. The van der Waals surface area contributed by atoms with Crippen LogP contribution in [0.5, 0.6) is 0 Å². The Hall–Kier alpha value is -0.593. The molecule has 1 amide bonds. The fraction of sp³-hybridized carbons (Fsp3) is 0.857. The number of carbonyl (C=O) groups is 1. The van der Waals surface area contributed by atoms with Crippen molar-refractivity contribution in [2.24, 2.45) is 0 Å². The molecule has 1 N–H and O–H groups in total. The van der Waals surface area contributed by atoms with Crippen molar-refractivity contribution in [1.29, 1.82) is 0 Å². The van der Waals surface area contributed by atoms with Crippen LogP contribution < -0.4 is 0 Å². The fourth-order valence-electron chi connectivity index (χ4n) is 1.000. The highest BCUT2D eigenvalue weighted by Crippen LogP contribution is 2.12. The molecule has 0 heterocycles. The summed E-state index contributed by atoms with van der Waals surface area (Å²) in [5.41, 5.74) is 0. The molecule has 6 heteroatoms. The Labute approximate surface area is 79.6 Å². The second-order valence-electron chi connectivity index (χ2n) is 2.74. The summed E-state index contributed by atoms with van der Waals surface area (Å²) in [5.74, 6) is 0. The Balaban J connectivity index is 4.58. The van der Waals surface area contributed by atoms with Gasteiger partial charge in [0.15, 0.2) is 0 Å². The number of hydrogen-bond acceptors (Lipinski definition) is 3. The second-order valence-corrected chi connectivity index (χ2v) is 5.89. The van der Waals surface area contributed by atoms with Gasteiger partial charge in [-0.15, -0.1) is 0 Å². The lowest BCUT2D eigenvalue weighted by atomic mass is 10.5. The Kier molecular flexibility index (Phi) is 4.97. The molecule has 0 aliphatic heterocycles. The summed E-state index contributed by atoms with van der Waals surface area (Å²) in [4.78, 5) is 10.9. The van der Waals surface area contributed by atoms with Crippen molar-refractivity contribution in [3.05, 3.63) is 0 Å². The van der Waals surface area contributed by atoms with E-state index in [9.17, 15) is 4.79 Å². The van der Waals surface area contributed by atoms with Gasteiger partial charge in [-0.3, -0.25) is 4.57 Å². The van der Waals surface area contributed by atoms with Gasteiger partial charge in [-0.1, -0.05) is 6.92 Å². The molecule has 0 aromatic heterocycles. The molecule has 0 aromatic rings. The van der Waals surface area contributed by atoms with Gasteiger partial charge < -0.3 is 14.0 Å². The minimum Gasteiger partial charge on any atom is -0.465 e. The van der Waals surface area contributed by atoms with E-state index in [4.69, 9.17) is 14.0 Å². The Morgan fingerprint density at radius 2 is 1.92 bits per heavy atom. The molecule has 0 saturated carbocycles. The molecule has 0 aromatic carbocycles. The van der Waals surface area contributed by atoms with Crippen LogP contribution in [0.1, 0.15) is 13.3 Å². The first kappa shape index (κ1) is 12.4. The third-order valence-corrected chi connectivity index (χ3v) is 4.84. The van der Waals surface area contributed by atoms with Crippen molar-refractivity contribution in [3.63, 3.8) is 0 Å². The van der Waals surface area contributed by atoms with Gasteiger partial charge in [0.2, 0.25) is 0 Å². The number of rotatable bonds is 5. The molecule has 0 rings (SSSR count). The van der Waals surface area contributed by atoms with E-state index < -0.39 is 14.8 Å². The Bertz CT molecular complexity index is 172. The van der Waals surface area contributed by atoms with E-state index in [1.807, 2.05) is 6.92 Å². The van der Waals surface area contributed by atoms with Crippen LogP contribution in [0.25, 0.3) is 0 Å². The highest BCUT2D eigenvalue weighted by Gasteiger charge is 2.41. The minimum atomic E-state index is -2.68. The quantitative estimate of drug-likeness (QED) is 0.689. The van der Waals surface area contributed by atoms with Crippen molar-refractivity contribution in [2.75, 3.05) is 20.8 Å². The number of carboxylic acid groups (broad SMARTS) is 1. The predicted molar refractivity (Wildman–Crippen MR) is 50.7 cm³/mol. The van der Waals surface area contributed by atoms with E-state index in [1.165, 1.54) is 18.8 Å². The number of hydrogen-bond donors (Lipinski definition) is 1. The number of amides is 1. The average Bonchev–Trinajstić information content (AvgIpc) is 2.12. The van der Waals surface area contributed by atoms with E-state index in [0.29, 0.717) is 6.54 Å². The maximum atomic E-state index is 10.9. The van der Waals surface area contributed by atoms with Crippen molar-refractivity contribution < 1.29 is 18.8 Å². The molecule has 0 saturated heterocycles. The Morgan fingerprint density at radius 1 is 1.46 bits per heavy atom. The van der Waals surface area contributed by atoms with Crippen molar-refractivity contribution in [3.8, 4) is 0 Å². The van der Waals surface area contributed by atoms with Crippen LogP contribution in [0.4, 0.5) is 4.79 Å². The van der Waals surface area contributed by atoms with Crippen LogP contribution in [-0.4, -0.2) is 45.3 Å². The topological polar surface area (TPSA) is 59.0 Å². The zero-order valence-electron chi connectivity index (χ0n) is 8.53. The molecular formula is C7H17NO4Si. The van der Waals surface area contributed by atoms with Gasteiger partial charge in [0.25, 0.3) is 0 Å². The highest BCUT2D eigenvalue weighted by atomic mass is 28.4. The molecule has 5 nitrogen and oxygen atoms in total. The predicted octanol–water partition coefficient (Wildman–Crippen LogP) is 1.24. The summed E-state index contributed by atoms with van der Waals surface area (Å²) in [7, 11) is 0.270. The maximum Gasteiger partial charge on any atom is 0.460 e. The van der Waals surface area contributed by atoms with Gasteiger partial charge in [0.1, 0.15) is 0 Å². The summed E-state index contributed by atoms with van der Waals surface area (Å²) < 4.78 is 11.5. The number of nitrogens with zero attached hydrogens (tertiary/aromatic N) is 1. The first-order valence-corrected chi connectivity index (χ1v) is 6.39. The third-order valence-electron chi connectivity index (χ3n) is 1.93. The van der Waals surface area contributed by atoms with Gasteiger partial charge in [0, 0.05) is 20.8 Å². The van der Waals surface area contributed by atoms with Gasteiger partial charge in [0.05, 0.1) is 0 Å². The standard InChI is InChI=1S/C7H17NO4Si/c1-5-6-8(7(9)10)13(4,11-2)12-3/h5-6H2,1-4H3,(H,9,10). The molecule has 0 unspecified atom stereocenters. The normalized spacial score (nSPS) is 11.4. The van der Waals surface area contributed by atoms with E-state index in [2.05, 4.69) is 0 Å². The van der Waals surface area contributed by atoms with Gasteiger partial charge in [-0.25, -0.2) is 4.79 Å². The highest BCUT2D eigenvalue weighted by molar-refractivity contribution is 6.65. The summed E-state index contributed by atoms with van der Waals surface area (Å²) in [6.07, 6.45) is -0.235. The van der Waals surface area contributed by atoms with E-state index >= 15 is 0 Å². The maximum absolute atomic E-state index is 10.9. The van der Waals surface area contributed by atoms with Gasteiger partial charge >= 0.3 is 14.8 Å². The smallest absolute Gasteiger partial charge is 0.460 e. The minimum absolute atomic E-state index is 0.444. The lowest BCUT2D eigenvalue weighted by Crippen LogP contribution is -2.57. The molecule has 13 heavy (non-hydrogen) atoms. The van der Waals surface area contributed by atoms with Crippen LogP contribution in [0.3, 0.4) is 0 Å². The van der Waals surface area contributed by atoms with Gasteiger partial charge in [-0.2, -0.15) is 0 Å². The van der Waals surface area contributed by atoms with Crippen molar-refractivity contribution in [2.45, 2.75) is 19.9 Å². The summed E-state index contributed by atoms with van der Waals surface area (Å²) in [6, 6.07) is 0. The van der Waals surface area contributed by atoms with E-state index in [0.717, 1.165) is 6.42 Å². The van der Waals surface area contributed by atoms with Crippen molar-refractivity contribution >= 4 is 14.8 Å². The monoisotopic (exact) mass is 207 g/mol. The van der Waals surface area contributed by atoms with E-state index in [-0.39, 0.29) is 0 Å². The second kappa shape index (κ2) is 5.20. The molecule has 0 atom stereocenters. The molecule has 0 radical (unpaired) electrons. The van der Waals surface area contributed by atoms with Crippen LogP contribution >= 0.6 is 0 Å². The van der Waals surface area contributed by atoms with Crippen LogP contribution in [-0.2, 0) is 8.85 Å². The summed E-state index contributed by atoms with van der Waals surface area (Å²) in [6.45, 7) is 4.06. The average molecular weight is 207 g/mol. The fourth-order valence-corrected chi connectivity index (χ4v) is 2.58. The van der Waals surface area contributed by atoms with Crippen LogP contribution in [0.2, 0.25) is 6.55 Å². The lowest BCUT2D eigenvalue weighted by molar-refractivity contribution is 0.132. The van der Waals surface area contributed by atoms with E-state index in [1.54, 1.807) is 6.55 Å². The SMILES string of the molecule is CCCN(C(=O)O)[Si](C)(OC)OC.